The molecule has 0 saturated carbocycles. The number of benzene rings is 2. The number of anilines is 1. The number of hydrogen-bond acceptors (Lipinski definition) is 4. The molecular formula is C21H26N2O3. The van der Waals surface area contributed by atoms with Crippen molar-refractivity contribution in [2.45, 2.75) is 27.3 Å². The summed E-state index contributed by atoms with van der Waals surface area (Å²) in [5.41, 5.74) is 5.74. The van der Waals surface area contributed by atoms with E-state index < -0.39 is 0 Å². The second-order valence-corrected chi connectivity index (χ2v) is 6.68. The largest absolute Gasteiger partial charge is 0.465 e. The molecule has 0 radical (unpaired) electrons. The molecule has 1 amide bonds. The summed E-state index contributed by atoms with van der Waals surface area (Å²) in [6, 6.07) is 11.3. The Kier molecular flexibility index (Phi) is 6.52. The van der Waals surface area contributed by atoms with Crippen molar-refractivity contribution in [3.05, 3.63) is 64.2 Å². The minimum Gasteiger partial charge on any atom is -0.465 e. The van der Waals surface area contributed by atoms with E-state index in [0.29, 0.717) is 12.1 Å². The number of nitrogens with zero attached hydrogens (tertiary/aromatic N) is 1. The lowest BCUT2D eigenvalue weighted by Gasteiger charge is -2.18. The minimum atomic E-state index is -0.354. The van der Waals surface area contributed by atoms with Gasteiger partial charge in [-0.05, 0) is 56.6 Å². The van der Waals surface area contributed by atoms with Crippen molar-refractivity contribution < 1.29 is 14.3 Å². The number of hydrogen-bond donors (Lipinski definition) is 1. The fourth-order valence-corrected chi connectivity index (χ4v) is 3.03. The molecule has 1 N–H and O–H groups in total. The molecule has 2 aromatic rings. The highest BCUT2D eigenvalue weighted by molar-refractivity contribution is 5.93. The van der Waals surface area contributed by atoms with Gasteiger partial charge in [-0.25, -0.2) is 4.79 Å². The maximum absolute atomic E-state index is 12.4. The van der Waals surface area contributed by atoms with Crippen LogP contribution in [-0.4, -0.2) is 37.5 Å². The van der Waals surface area contributed by atoms with Gasteiger partial charge in [0, 0.05) is 12.2 Å². The lowest BCUT2D eigenvalue weighted by molar-refractivity contribution is -0.117. The molecule has 0 aliphatic rings. The normalized spacial score (nSPS) is 10.7. The molecule has 2 rings (SSSR count). The van der Waals surface area contributed by atoms with Gasteiger partial charge in [0.15, 0.2) is 0 Å². The van der Waals surface area contributed by atoms with Gasteiger partial charge < -0.3 is 10.1 Å². The van der Waals surface area contributed by atoms with Gasteiger partial charge in [0.1, 0.15) is 0 Å². The number of carbonyl (C=O) groups excluding carboxylic acids is 2. The molecule has 0 atom stereocenters. The van der Waals surface area contributed by atoms with E-state index in [1.165, 1.54) is 12.7 Å². The summed E-state index contributed by atoms with van der Waals surface area (Å²) < 4.78 is 4.69. The van der Waals surface area contributed by atoms with Gasteiger partial charge in [-0.2, -0.15) is 0 Å². The van der Waals surface area contributed by atoms with E-state index in [9.17, 15) is 9.59 Å². The van der Waals surface area contributed by atoms with E-state index >= 15 is 0 Å². The van der Waals surface area contributed by atoms with Crippen LogP contribution in [0.1, 0.15) is 32.6 Å². The van der Waals surface area contributed by atoms with E-state index in [0.717, 1.165) is 22.4 Å². The van der Waals surface area contributed by atoms with Crippen molar-refractivity contribution in [2.24, 2.45) is 0 Å². The lowest BCUT2D eigenvalue weighted by Crippen LogP contribution is -2.30. The van der Waals surface area contributed by atoms with Gasteiger partial charge in [-0.3, -0.25) is 9.69 Å². The first kappa shape index (κ1) is 19.7. The molecule has 0 bridgehead atoms. The number of methoxy groups -OCH3 is 1. The molecule has 138 valence electrons. The molecular weight excluding hydrogens is 328 g/mol. The molecule has 0 unspecified atom stereocenters. The van der Waals surface area contributed by atoms with Crippen LogP contribution in [0.2, 0.25) is 0 Å². The van der Waals surface area contributed by atoms with Crippen LogP contribution in [0.5, 0.6) is 0 Å². The SMILES string of the molecule is COC(=O)c1ccc(CN(C)CC(=O)Nc2c(C)cc(C)cc2C)cc1. The van der Waals surface area contributed by atoms with E-state index in [2.05, 4.69) is 17.4 Å². The first-order valence-corrected chi connectivity index (χ1v) is 8.53. The average Bonchev–Trinajstić information content (AvgIpc) is 2.58. The van der Waals surface area contributed by atoms with Gasteiger partial charge in [0.05, 0.1) is 19.2 Å². The number of aryl methyl sites for hydroxylation is 3. The van der Waals surface area contributed by atoms with Crippen LogP contribution in [0.3, 0.4) is 0 Å². The van der Waals surface area contributed by atoms with E-state index in [-0.39, 0.29) is 18.4 Å². The second kappa shape index (κ2) is 8.63. The zero-order chi connectivity index (χ0) is 19.3. The number of amides is 1. The smallest absolute Gasteiger partial charge is 0.337 e. The zero-order valence-corrected chi connectivity index (χ0v) is 16.1. The monoisotopic (exact) mass is 354 g/mol. The van der Waals surface area contributed by atoms with Crippen LogP contribution >= 0.6 is 0 Å². The van der Waals surface area contributed by atoms with Gasteiger partial charge >= 0.3 is 5.97 Å². The van der Waals surface area contributed by atoms with Crippen molar-refractivity contribution in [3.63, 3.8) is 0 Å². The van der Waals surface area contributed by atoms with Crippen molar-refractivity contribution in [1.29, 1.82) is 0 Å². The number of likely N-dealkylation sites (N-methyl/N-ethyl adjacent to an activating group) is 1. The van der Waals surface area contributed by atoms with E-state index in [1.54, 1.807) is 12.1 Å². The number of esters is 1. The van der Waals surface area contributed by atoms with Gasteiger partial charge in [0.2, 0.25) is 5.91 Å². The molecule has 5 nitrogen and oxygen atoms in total. The third-order valence-corrected chi connectivity index (χ3v) is 4.18. The summed E-state index contributed by atoms with van der Waals surface area (Å²) in [5, 5.41) is 3.01. The Hall–Kier alpha value is -2.66. The zero-order valence-electron chi connectivity index (χ0n) is 16.1. The summed E-state index contributed by atoms with van der Waals surface area (Å²) in [5.74, 6) is -0.401. The van der Waals surface area contributed by atoms with Crippen LogP contribution in [0.25, 0.3) is 0 Å². The molecule has 0 aromatic heterocycles. The summed E-state index contributed by atoms with van der Waals surface area (Å²) in [6.07, 6.45) is 0. The molecule has 0 heterocycles. The highest BCUT2D eigenvalue weighted by Crippen LogP contribution is 2.21. The molecule has 2 aromatic carbocycles. The summed E-state index contributed by atoms with van der Waals surface area (Å²) >= 11 is 0. The molecule has 5 heteroatoms. The maximum Gasteiger partial charge on any atom is 0.337 e. The fourth-order valence-electron chi connectivity index (χ4n) is 3.03. The molecule has 0 saturated heterocycles. The number of nitrogens with one attached hydrogen (secondary N) is 1. The third kappa shape index (κ3) is 5.17. The third-order valence-electron chi connectivity index (χ3n) is 4.18. The highest BCUT2D eigenvalue weighted by Gasteiger charge is 2.11. The highest BCUT2D eigenvalue weighted by atomic mass is 16.5. The summed E-state index contributed by atoms with van der Waals surface area (Å²) in [6.45, 7) is 6.95. The Bertz CT molecular complexity index is 774. The first-order chi connectivity index (χ1) is 12.3. The van der Waals surface area contributed by atoms with Gasteiger partial charge in [0.25, 0.3) is 0 Å². The van der Waals surface area contributed by atoms with Crippen molar-refractivity contribution in [1.82, 2.24) is 4.90 Å². The van der Waals surface area contributed by atoms with Crippen molar-refractivity contribution in [3.8, 4) is 0 Å². The topological polar surface area (TPSA) is 58.6 Å². The molecule has 26 heavy (non-hydrogen) atoms. The Morgan fingerprint density at radius 3 is 2.15 bits per heavy atom. The molecule has 0 spiro atoms. The van der Waals surface area contributed by atoms with Gasteiger partial charge in [-0.15, -0.1) is 0 Å². The first-order valence-electron chi connectivity index (χ1n) is 8.53. The van der Waals surface area contributed by atoms with E-state index in [4.69, 9.17) is 4.74 Å². The number of carbonyl (C=O) groups is 2. The molecule has 0 aliphatic carbocycles. The van der Waals surface area contributed by atoms with Crippen LogP contribution in [-0.2, 0) is 16.1 Å². The van der Waals surface area contributed by atoms with Crippen LogP contribution < -0.4 is 5.32 Å². The van der Waals surface area contributed by atoms with E-state index in [1.807, 2.05) is 44.9 Å². The number of ether oxygens (including phenoxy) is 1. The van der Waals surface area contributed by atoms with Crippen molar-refractivity contribution in [2.75, 3.05) is 26.0 Å². The van der Waals surface area contributed by atoms with Gasteiger partial charge in [-0.1, -0.05) is 29.8 Å². The minimum absolute atomic E-state index is 0.0475. The van der Waals surface area contributed by atoms with Crippen LogP contribution in [0, 0.1) is 20.8 Å². The number of rotatable bonds is 6. The summed E-state index contributed by atoms with van der Waals surface area (Å²) in [4.78, 5) is 25.8. The Morgan fingerprint density at radius 2 is 1.62 bits per heavy atom. The predicted octanol–water partition coefficient (Wildman–Crippen LogP) is 3.47. The maximum atomic E-state index is 12.4. The fraction of sp³-hybridized carbons (Fsp3) is 0.333. The summed E-state index contributed by atoms with van der Waals surface area (Å²) in [7, 11) is 3.25. The molecule has 0 fully saturated rings. The standard InChI is InChI=1S/C21H26N2O3/c1-14-10-15(2)20(16(3)11-14)22-19(24)13-23(4)12-17-6-8-18(9-7-17)21(25)26-5/h6-11H,12-13H2,1-5H3,(H,22,24). The lowest BCUT2D eigenvalue weighted by atomic mass is 10.1. The Morgan fingerprint density at radius 1 is 1.04 bits per heavy atom. The van der Waals surface area contributed by atoms with Crippen LogP contribution in [0.4, 0.5) is 5.69 Å². The quantitative estimate of drug-likeness (QED) is 0.807. The Labute approximate surface area is 155 Å². The molecule has 0 aliphatic heterocycles. The van der Waals surface area contributed by atoms with Crippen molar-refractivity contribution >= 4 is 17.6 Å². The average molecular weight is 354 g/mol. The predicted molar refractivity (Wildman–Crippen MR) is 103 cm³/mol. The Balaban J connectivity index is 1.94. The van der Waals surface area contributed by atoms with Crippen LogP contribution in [0.15, 0.2) is 36.4 Å². The second-order valence-electron chi connectivity index (χ2n) is 6.68.